The van der Waals surface area contributed by atoms with Crippen molar-refractivity contribution in [3.8, 4) is 0 Å². The molecule has 0 radical (unpaired) electrons. The number of hydrogen-bond acceptors (Lipinski definition) is 18. The van der Waals surface area contributed by atoms with Gasteiger partial charge in [-0.15, -0.1) is 0 Å². The van der Waals surface area contributed by atoms with Crippen LogP contribution in [0, 0.1) is 63.1 Å². The van der Waals surface area contributed by atoms with Gasteiger partial charge in [-0.3, -0.25) is 52.7 Å². The highest BCUT2D eigenvalue weighted by Crippen LogP contribution is 2.35. The van der Waals surface area contributed by atoms with E-state index in [1.807, 2.05) is 69.2 Å². The highest BCUT2D eigenvalue weighted by atomic mass is 16.6. The average Bonchev–Trinajstić information content (AvgIpc) is 3.27. The largest absolute Gasteiger partial charge is 0.481 e. The minimum Gasteiger partial charge on any atom is -0.481 e. The Labute approximate surface area is 509 Å². The second kappa shape index (κ2) is 39.1. The molecule has 22 nitrogen and oxygen atoms in total. The summed E-state index contributed by atoms with van der Waals surface area (Å²) in [7, 11) is 0. The van der Waals surface area contributed by atoms with Gasteiger partial charge in [-0.2, -0.15) is 0 Å². The molecule has 86 heavy (non-hydrogen) atoms. The molecule has 4 aliphatic rings. The van der Waals surface area contributed by atoms with Gasteiger partial charge in [0.25, 0.3) is 0 Å². The van der Waals surface area contributed by atoms with Crippen molar-refractivity contribution in [2.75, 3.05) is 39.6 Å². The van der Waals surface area contributed by atoms with Gasteiger partial charge in [0, 0.05) is 6.42 Å². The lowest BCUT2D eigenvalue weighted by Gasteiger charge is -2.31. The van der Waals surface area contributed by atoms with E-state index in [1.165, 1.54) is 0 Å². The molecule has 4 saturated carbocycles. The Kier molecular flexibility index (Phi) is 35.6. The summed E-state index contributed by atoms with van der Waals surface area (Å²) in [6.07, 6.45) is 15.4. The van der Waals surface area contributed by atoms with Gasteiger partial charge in [0.15, 0.2) is 0 Å². The van der Waals surface area contributed by atoms with Crippen LogP contribution in [-0.4, -0.2) is 132 Å². The van der Waals surface area contributed by atoms with Crippen molar-refractivity contribution in [1.82, 2.24) is 0 Å². The molecule has 4 N–H and O–H groups in total. The minimum atomic E-state index is -0.947. The van der Waals surface area contributed by atoms with Crippen LogP contribution in [0.4, 0.5) is 0 Å². The Morgan fingerprint density at radius 2 is 0.535 bits per heavy atom. The Bertz CT molecular complexity index is 2180. The zero-order valence-corrected chi connectivity index (χ0v) is 53.8. The minimum absolute atomic E-state index is 0.00153. The van der Waals surface area contributed by atoms with Gasteiger partial charge >= 0.3 is 65.7 Å². The summed E-state index contributed by atoms with van der Waals surface area (Å²) in [5, 5.41) is 36.6. The van der Waals surface area contributed by atoms with Crippen molar-refractivity contribution in [1.29, 1.82) is 0 Å². The standard InChI is InChI=1S/C18H30O6.C17H28O6.C16H26O6.C13H22O4/c1-4-18(2,3)17(22)24-12-8-7-11-23-16(21)14-10-6-5-9-13(14)15(19)20;1-4-17(2,3)16(21)23-11-7-10-22-15(20)13-9-6-5-8-12(13)14(18)19;1-4-16(2,3)15(20)22-10-9-21-14(19)12-8-6-5-7-11(12)13(17)18;1-4-13(2,3)12(16)17-10-8-6-5-7-9(10)11(14)15/h13-14H,4-12H2,1-3H3,(H,19,20);12-13H,4-11H2,1-3H3,(H,18,19);11-12H,4-10H2,1-3H3,(H,17,18);9-10H,4-8H2,1-3H3,(H,14,15). The third-order valence-corrected chi connectivity index (χ3v) is 17.5. The summed E-state index contributed by atoms with van der Waals surface area (Å²) in [5.41, 5.74) is -2.06. The van der Waals surface area contributed by atoms with E-state index in [2.05, 4.69) is 0 Å². The number of aliphatic carboxylic acids is 4. The number of hydrogen-bond donors (Lipinski definition) is 4. The van der Waals surface area contributed by atoms with Gasteiger partial charge in [-0.1, -0.05) is 72.6 Å². The van der Waals surface area contributed by atoms with E-state index < -0.39 is 111 Å². The van der Waals surface area contributed by atoms with Crippen LogP contribution < -0.4 is 0 Å². The predicted molar refractivity (Wildman–Crippen MR) is 315 cm³/mol. The summed E-state index contributed by atoms with van der Waals surface area (Å²) in [6.45, 7) is 23.1. The van der Waals surface area contributed by atoms with E-state index in [1.54, 1.807) is 13.8 Å². The van der Waals surface area contributed by atoms with Crippen molar-refractivity contribution < 1.29 is 106 Å². The summed E-state index contributed by atoms with van der Waals surface area (Å²) < 4.78 is 36.3. The first-order chi connectivity index (χ1) is 40.3. The topological polar surface area (TPSA) is 333 Å². The van der Waals surface area contributed by atoms with Crippen LogP contribution in [0.25, 0.3) is 0 Å². The van der Waals surface area contributed by atoms with Crippen LogP contribution >= 0.6 is 0 Å². The van der Waals surface area contributed by atoms with Crippen LogP contribution in [0.1, 0.15) is 231 Å². The van der Waals surface area contributed by atoms with E-state index >= 15 is 0 Å². The number of carbonyl (C=O) groups is 11. The quantitative estimate of drug-likeness (QED) is 0.0321. The van der Waals surface area contributed by atoms with Crippen molar-refractivity contribution in [3.63, 3.8) is 0 Å². The molecule has 0 aliphatic heterocycles. The van der Waals surface area contributed by atoms with Crippen molar-refractivity contribution >= 4 is 65.7 Å². The number of carboxylic acid groups (broad SMARTS) is 4. The third kappa shape index (κ3) is 27.5. The molecule has 8 atom stereocenters. The highest BCUT2D eigenvalue weighted by molar-refractivity contribution is 5.83. The van der Waals surface area contributed by atoms with Gasteiger partial charge in [-0.05, 0) is 152 Å². The molecular weight excluding hydrogens is 1120 g/mol. The molecule has 0 amide bonds. The molecule has 4 rings (SSSR count). The van der Waals surface area contributed by atoms with E-state index in [0.29, 0.717) is 96.5 Å². The lowest BCUT2D eigenvalue weighted by Crippen LogP contribution is -2.38. The monoisotopic (exact) mass is 1230 g/mol. The van der Waals surface area contributed by atoms with Crippen molar-refractivity contribution in [2.45, 2.75) is 237 Å². The first-order valence-electron chi connectivity index (χ1n) is 31.4. The summed E-state index contributed by atoms with van der Waals surface area (Å²) in [5.74, 6) is -10.2. The van der Waals surface area contributed by atoms with Crippen LogP contribution in [0.3, 0.4) is 0 Å². The van der Waals surface area contributed by atoms with E-state index in [0.717, 1.165) is 57.8 Å². The molecule has 0 heterocycles. The molecule has 494 valence electrons. The molecule has 4 aliphatic carbocycles. The Balaban J connectivity index is 0.000000577. The molecule has 0 bridgehead atoms. The zero-order valence-electron chi connectivity index (χ0n) is 53.8. The smallest absolute Gasteiger partial charge is 0.311 e. The Morgan fingerprint density at radius 3 is 0.860 bits per heavy atom. The SMILES string of the molecule is CCC(C)(C)C(=O)OC1CCCCC1C(=O)O.CCC(C)(C)C(=O)OCCCCOC(=O)C1CCCCC1C(=O)O.CCC(C)(C)C(=O)OCCCOC(=O)C1CCCCC1C(=O)O.CCC(C)(C)C(=O)OCCOC(=O)C1CCCCC1C(=O)O. The molecule has 8 unspecified atom stereocenters. The molecule has 4 fully saturated rings. The van der Waals surface area contributed by atoms with Gasteiger partial charge in [0.05, 0.1) is 89.5 Å². The molecule has 0 saturated heterocycles. The van der Waals surface area contributed by atoms with Crippen molar-refractivity contribution in [2.24, 2.45) is 63.1 Å². The molecular formula is C64H106O22. The predicted octanol–water partition coefficient (Wildman–Crippen LogP) is 11.0. The number of carboxylic acids is 4. The summed E-state index contributed by atoms with van der Waals surface area (Å²) >= 11 is 0. The first kappa shape index (κ1) is 78.2. The Morgan fingerprint density at radius 1 is 0.302 bits per heavy atom. The van der Waals surface area contributed by atoms with Crippen LogP contribution in [0.5, 0.6) is 0 Å². The average molecular weight is 1230 g/mol. The number of esters is 7. The maximum absolute atomic E-state index is 12.1. The fourth-order valence-corrected chi connectivity index (χ4v) is 9.64. The first-order valence-corrected chi connectivity index (χ1v) is 31.4. The molecule has 0 spiro atoms. The highest BCUT2D eigenvalue weighted by Gasteiger charge is 2.41. The number of rotatable bonds is 28. The second-order valence-corrected chi connectivity index (χ2v) is 25.6. The lowest BCUT2D eigenvalue weighted by atomic mass is 9.79. The van der Waals surface area contributed by atoms with Gasteiger partial charge in [0.2, 0.25) is 0 Å². The fourth-order valence-electron chi connectivity index (χ4n) is 9.64. The van der Waals surface area contributed by atoms with Crippen LogP contribution in [0.15, 0.2) is 0 Å². The van der Waals surface area contributed by atoms with Crippen LogP contribution in [-0.2, 0) is 85.9 Å². The maximum Gasteiger partial charge on any atom is 0.311 e. The van der Waals surface area contributed by atoms with E-state index in [9.17, 15) is 57.8 Å². The van der Waals surface area contributed by atoms with Gasteiger partial charge < -0.3 is 53.6 Å². The van der Waals surface area contributed by atoms with Gasteiger partial charge in [0.1, 0.15) is 19.3 Å². The number of ether oxygens (including phenoxy) is 7. The number of carbonyl (C=O) groups excluding carboxylic acids is 7. The number of unbranched alkanes of at least 4 members (excludes halogenated alkanes) is 1. The lowest BCUT2D eigenvalue weighted by molar-refractivity contribution is -0.169. The molecule has 0 aromatic carbocycles. The molecule has 0 aromatic rings. The normalized spacial score (nSPS) is 22.3. The Hall–Kier alpha value is -5.83. The summed E-state index contributed by atoms with van der Waals surface area (Å²) in [6, 6.07) is 0. The van der Waals surface area contributed by atoms with Crippen molar-refractivity contribution in [3.05, 3.63) is 0 Å². The van der Waals surface area contributed by atoms with E-state index in [4.69, 9.17) is 48.5 Å². The summed E-state index contributed by atoms with van der Waals surface area (Å²) in [4.78, 5) is 128. The fraction of sp³-hybridized carbons (Fsp3) is 0.828. The third-order valence-electron chi connectivity index (χ3n) is 17.5. The second-order valence-electron chi connectivity index (χ2n) is 25.6. The molecule has 0 aromatic heterocycles. The van der Waals surface area contributed by atoms with Gasteiger partial charge in [-0.25, -0.2) is 0 Å². The van der Waals surface area contributed by atoms with E-state index in [-0.39, 0.29) is 56.9 Å². The zero-order chi connectivity index (χ0) is 65.4. The molecule has 22 heteroatoms. The van der Waals surface area contributed by atoms with Crippen LogP contribution in [0.2, 0.25) is 0 Å². The maximum atomic E-state index is 12.1.